The highest BCUT2D eigenvalue weighted by Gasteiger charge is 2.31. The zero-order valence-corrected chi connectivity index (χ0v) is 17.1. The summed E-state index contributed by atoms with van der Waals surface area (Å²) in [6, 6.07) is 7.11. The van der Waals surface area contributed by atoms with Crippen molar-refractivity contribution in [2.75, 3.05) is 31.1 Å². The van der Waals surface area contributed by atoms with E-state index in [1.165, 1.54) is 10.6 Å². The molecule has 1 aliphatic heterocycles. The van der Waals surface area contributed by atoms with Crippen molar-refractivity contribution in [3.63, 3.8) is 0 Å². The number of aryl methyl sites for hydroxylation is 1. The van der Waals surface area contributed by atoms with Crippen LogP contribution in [-0.2, 0) is 12.7 Å². The number of carbonyl (C=O) groups excluding carboxylic acids is 1. The van der Waals surface area contributed by atoms with Gasteiger partial charge in [-0.05, 0) is 37.3 Å². The van der Waals surface area contributed by atoms with Crippen LogP contribution >= 0.6 is 0 Å². The Morgan fingerprint density at radius 2 is 1.81 bits per heavy atom. The van der Waals surface area contributed by atoms with Gasteiger partial charge in [0.05, 0.1) is 16.6 Å². The van der Waals surface area contributed by atoms with Crippen molar-refractivity contribution in [3.8, 4) is 0 Å². The Hall–Kier alpha value is -3.63. The van der Waals surface area contributed by atoms with E-state index in [9.17, 15) is 27.6 Å². The third-order valence-electron chi connectivity index (χ3n) is 5.50. The first-order valence-corrected chi connectivity index (χ1v) is 10.0. The maximum atomic E-state index is 13.0. The predicted octanol–water partition coefficient (Wildman–Crippen LogP) is 2.09. The lowest BCUT2D eigenvalue weighted by Gasteiger charge is -2.35. The number of hydrogen-bond acceptors (Lipinski definition) is 5. The number of fused-ring (bicyclic) bond motifs is 1. The van der Waals surface area contributed by atoms with Crippen LogP contribution in [0.5, 0.6) is 0 Å². The van der Waals surface area contributed by atoms with Gasteiger partial charge in [0.1, 0.15) is 5.82 Å². The van der Waals surface area contributed by atoms with Crippen LogP contribution in [-0.4, -0.2) is 51.5 Å². The number of alkyl halides is 3. The molecule has 1 N–H and O–H groups in total. The highest BCUT2D eigenvalue weighted by Crippen LogP contribution is 2.29. The number of aromatic nitrogens is 3. The molecular weight excluding hydrogens is 427 g/mol. The third kappa shape index (κ3) is 3.97. The number of rotatable bonds is 3. The minimum Gasteiger partial charge on any atom is -0.353 e. The molecule has 0 saturated carbocycles. The number of anilines is 1. The van der Waals surface area contributed by atoms with Crippen LogP contribution in [0.4, 0.5) is 19.0 Å². The van der Waals surface area contributed by atoms with E-state index in [0.29, 0.717) is 55.1 Å². The molecule has 1 amide bonds. The Morgan fingerprint density at radius 3 is 2.41 bits per heavy atom. The fourth-order valence-corrected chi connectivity index (χ4v) is 3.79. The molecule has 0 spiro atoms. The number of nitrogens with zero attached hydrogens (tertiary/aromatic N) is 4. The average molecular weight is 447 g/mol. The van der Waals surface area contributed by atoms with Gasteiger partial charge in [0.15, 0.2) is 0 Å². The highest BCUT2D eigenvalue weighted by atomic mass is 19.4. The van der Waals surface area contributed by atoms with Crippen molar-refractivity contribution >= 4 is 22.8 Å². The standard InChI is InChI=1S/C21H20F3N5O3/c1-2-29-16-5-3-13(11-15(16)26-18(30)20(29)32)19(31)28-9-7-27(8-10-28)17-6-4-14(12-25-17)21(22,23)24/h3-6,11-12H,2,7-10H2,1H3,(H,26,30). The number of amides is 1. The Bertz CT molecular complexity index is 1270. The molecule has 3 heterocycles. The van der Waals surface area contributed by atoms with Crippen LogP contribution in [0.3, 0.4) is 0 Å². The fraction of sp³-hybridized carbons (Fsp3) is 0.333. The van der Waals surface area contributed by atoms with E-state index in [2.05, 4.69) is 9.97 Å². The molecule has 0 aliphatic carbocycles. The second-order valence-electron chi connectivity index (χ2n) is 7.42. The normalized spacial score (nSPS) is 14.8. The molecule has 4 rings (SSSR count). The molecule has 0 bridgehead atoms. The molecule has 1 fully saturated rings. The molecule has 0 radical (unpaired) electrons. The van der Waals surface area contributed by atoms with E-state index >= 15 is 0 Å². The van der Waals surface area contributed by atoms with Gasteiger partial charge in [-0.25, -0.2) is 4.98 Å². The lowest BCUT2D eigenvalue weighted by atomic mass is 10.1. The Balaban J connectivity index is 1.49. The first-order chi connectivity index (χ1) is 15.2. The highest BCUT2D eigenvalue weighted by molar-refractivity contribution is 5.97. The molecule has 1 aromatic carbocycles. The SMILES string of the molecule is CCn1c(=O)c(=O)[nH]c2cc(C(=O)N3CCN(c4ccc(C(F)(F)F)cn4)CC3)ccc21. The van der Waals surface area contributed by atoms with Gasteiger partial charge >= 0.3 is 17.3 Å². The number of aromatic amines is 1. The Kier molecular flexibility index (Phi) is 5.49. The van der Waals surface area contributed by atoms with E-state index in [1.54, 1.807) is 30.0 Å². The Labute approximate surface area is 179 Å². The molecule has 8 nitrogen and oxygen atoms in total. The van der Waals surface area contributed by atoms with Crippen LogP contribution in [0, 0.1) is 0 Å². The molecule has 0 unspecified atom stereocenters. The number of hydrogen-bond donors (Lipinski definition) is 1. The van der Waals surface area contributed by atoms with Crippen LogP contribution < -0.4 is 16.0 Å². The van der Waals surface area contributed by atoms with Gasteiger partial charge in [-0.15, -0.1) is 0 Å². The smallest absolute Gasteiger partial charge is 0.353 e. The van der Waals surface area contributed by atoms with E-state index in [-0.39, 0.29) is 5.91 Å². The van der Waals surface area contributed by atoms with Crippen molar-refractivity contribution in [3.05, 3.63) is 68.4 Å². The van der Waals surface area contributed by atoms with E-state index in [4.69, 9.17) is 0 Å². The van der Waals surface area contributed by atoms with Gasteiger partial charge in [-0.2, -0.15) is 13.2 Å². The van der Waals surface area contributed by atoms with Gasteiger partial charge in [-0.1, -0.05) is 0 Å². The predicted molar refractivity (Wildman–Crippen MR) is 112 cm³/mol. The minimum absolute atomic E-state index is 0.234. The van der Waals surface area contributed by atoms with Crippen molar-refractivity contribution in [1.82, 2.24) is 19.4 Å². The maximum Gasteiger partial charge on any atom is 0.417 e. The largest absolute Gasteiger partial charge is 0.417 e. The zero-order valence-electron chi connectivity index (χ0n) is 17.1. The molecule has 0 atom stereocenters. The molecule has 1 aliphatic rings. The van der Waals surface area contributed by atoms with E-state index in [1.807, 2.05) is 4.90 Å². The summed E-state index contributed by atoms with van der Waals surface area (Å²) in [5.41, 5.74) is -0.899. The lowest BCUT2D eigenvalue weighted by molar-refractivity contribution is -0.137. The van der Waals surface area contributed by atoms with Gasteiger partial charge in [0.25, 0.3) is 5.91 Å². The Morgan fingerprint density at radius 1 is 1.09 bits per heavy atom. The molecule has 32 heavy (non-hydrogen) atoms. The van der Waals surface area contributed by atoms with Crippen LogP contribution in [0.15, 0.2) is 46.1 Å². The summed E-state index contributed by atoms with van der Waals surface area (Å²) >= 11 is 0. The summed E-state index contributed by atoms with van der Waals surface area (Å²) in [7, 11) is 0. The maximum absolute atomic E-state index is 13.0. The molecule has 168 valence electrons. The van der Waals surface area contributed by atoms with Gasteiger partial charge < -0.3 is 19.4 Å². The zero-order chi connectivity index (χ0) is 23.0. The number of halogens is 3. The van der Waals surface area contributed by atoms with Gasteiger partial charge in [0, 0.05) is 44.5 Å². The quantitative estimate of drug-likeness (QED) is 0.621. The first kappa shape index (κ1) is 21.6. The second-order valence-corrected chi connectivity index (χ2v) is 7.42. The summed E-state index contributed by atoms with van der Waals surface area (Å²) in [4.78, 5) is 46.7. The molecule has 1 saturated heterocycles. The molecule has 3 aromatic rings. The monoisotopic (exact) mass is 447 g/mol. The number of H-pyrrole nitrogens is 1. The van der Waals surface area contributed by atoms with Crippen LogP contribution in [0.2, 0.25) is 0 Å². The van der Waals surface area contributed by atoms with Crippen molar-refractivity contribution in [2.45, 2.75) is 19.6 Å². The first-order valence-electron chi connectivity index (χ1n) is 10.0. The van der Waals surface area contributed by atoms with E-state index in [0.717, 1.165) is 12.3 Å². The molecule has 11 heteroatoms. The number of piperazine rings is 1. The summed E-state index contributed by atoms with van der Waals surface area (Å²) in [6.07, 6.45) is -3.63. The van der Waals surface area contributed by atoms with Crippen molar-refractivity contribution in [1.29, 1.82) is 0 Å². The third-order valence-corrected chi connectivity index (χ3v) is 5.50. The average Bonchev–Trinajstić information content (AvgIpc) is 2.79. The number of carbonyl (C=O) groups is 1. The summed E-state index contributed by atoms with van der Waals surface area (Å²) in [6.45, 7) is 3.65. The number of nitrogens with one attached hydrogen (secondary N) is 1. The number of pyridine rings is 1. The van der Waals surface area contributed by atoms with Gasteiger partial charge in [0.2, 0.25) is 0 Å². The molecular formula is C21H20F3N5O3. The van der Waals surface area contributed by atoms with Crippen LogP contribution in [0.25, 0.3) is 11.0 Å². The summed E-state index contributed by atoms with van der Waals surface area (Å²) in [5.74, 6) is 0.188. The minimum atomic E-state index is -4.44. The molecule has 2 aromatic heterocycles. The van der Waals surface area contributed by atoms with Gasteiger partial charge in [-0.3, -0.25) is 14.4 Å². The topological polar surface area (TPSA) is 91.3 Å². The lowest BCUT2D eigenvalue weighted by Crippen LogP contribution is -2.49. The fourth-order valence-electron chi connectivity index (χ4n) is 3.79. The summed E-state index contributed by atoms with van der Waals surface area (Å²) in [5, 5.41) is 0. The van der Waals surface area contributed by atoms with Crippen molar-refractivity contribution in [2.24, 2.45) is 0 Å². The summed E-state index contributed by atoms with van der Waals surface area (Å²) < 4.78 is 39.5. The second kappa shape index (κ2) is 8.13. The van der Waals surface area contributed by atoms with Crippen molar-refractivity contribution < 1.29 is 18.0 Å². The van der Waals surface area contributed by atoms with Crippen LogP contribution in [0.1, 0.15) is 22.8 Å². The number of benzene rings is 1. The van der Waals surface area contributed by atoms with E-state index < -0.39 is 22.9 Å².